The molecule has 0 saturated carbocycles. The van der Waals surface area contributed by atoms with Crippen LogP contribution in [-0.4, -0.2) is 37.0 Å². The zero-order chi connectivity index (χ0) is 24.9. The van der Waals surface area contributed by atoms with Crippen molar-refractivity contribution in [1.29, 1.82) is 5.26 Å². The Morgan fingerprint density at radius 3 is 2.53 bits per heavy atom. The zero-order valence-corrected chi connectivity index (χ0v) is 20.8. The number of hydrogen-bond acceptors (Lipinski definition) is 9. The lowest BCUT2D eigenvalue weighted by atomic mass is 10.1. The number of carbonyl (C=O) groups is 1. The topological polar surface area (TPSA) is 131 Å². The van der Waals surface area contributed by atoms with Crippen LogP contribution in [0.2, 0.25) is 10.0 Å². The van der Waals surface area contributed by atoms with Gasteiger partial charge in [0.1, 0.15) is 18.2 Å². The smallest absolute Gasteiger partial charge is 0.268 e. The minimum atomic E-state index is -3.61. The van der Waals surface area contributed by atoms with E-state index in [0.29, 0.717) is 44.2 Å². The molecule has 0 aliphatic heterocycles. The molecule has 0 aliphatic rings. The van der Waals surface area contributed by atoms with E-state index < -0.39 is 20.9 Å². The molecule has 176 valence electrons. The van der Waals surface area contributed by atoms with Gasteiger partial charge in [0.05, 0.1) is 7.11 Å². The van der Waals surface area contributed by atoms with E-state index in [1.54, 1.807) is 42.5 Å². The van der Waals surface area contributed by atoms with Crippen molar-refractivity contribution < 1.29 is 22.7 Å². The van der Waals surface area contributed by atoms with Crippen molar-refractivity contribution in [3.63, 3.8) is 0 Å². The lowest BCUT2D eigenvalue weighted by Crippen LogP contribution is -2.13. The third kappa shape index (κ3) is 6.24. The largest absolute Gasteiger partial charge is 0.493 e. The van der Waals surface area contributed by atoms with Crippen LogP contribution in [0.25, 0.3) is 6.08 Å². The predicted molar refractivity (Wildman–Crippen MR) is 129 cm³/mol. The molecule has 1 heterocycles. The maximum atomic E-state index is 12.5. The minimum absolute atomic E-state index is 0.0499. The van der Waals surface area contributed by atoms with Gasteiger partial charge in [-0.1, -0.05) is 35.3 Å². The molecule has 0 spiro atoms. The molecule has 0 aliphatic carbocycles. The summed E-state index contributed by atoms with van der Waals surface area (Å²) in [5.74, 6) is -0.0105. The number of nitriles is 1. The van der Waals surface area contributed by atoms with Crippen molar-refractivity contribution in [3.05, 3.63) is 63.1 Å². The second-order valence-electron chi connectivity index (χ2n) is 6.68. The highest BCUT2D eigenvalue weighted by Gasteiger charge is 2.18. The number of sulfone groups is 1. The highest BCUT2D eigenvalue weighted by Crippen LogP contribution is 2.32. The lowest BCUT2D eigenvalue weighted by Gasteiger charge is -2.13. The number of carbonyl (C=O) groups excluding carboxylic acids is 1. The Hall–Kier alpha value is -3.17. The molecule has 13 heteroatoms. The number of halogens is 2. The number of anilines is 1. The lowest BCUT2D eigenvalue weighted by molar-refractivity contribution is -0.112. The molecule has 1 N–H and O–H groups in total. The molecule has 0 atom stereocenters. The summed E-state index contributed by atoms with van der Waals surface area (Å²) < 4.78 is 37.8. The van der Waals surface area contributed by atoms with Gasteiger partial charge in [-0.25, -0.2) is 8.42 Å². The average Bonchev–Trinajstić information content (AvgIpc) is 3.26. The Morgan fingerprint density at radius 2 is 1.94 bits per heavy atom. The number of methoxy groups -OCH3 is 1. The quantitative estimate of drug-likeness (QED) is 0.330. The summed E-state index contributed by atoms with van der Waals surface area (Å²) in [4.78, 5) is 16.2. The number of aromatic nitrogens is 2. The van der Waals surface area contributed by atoms with Gasteiger partial charge >= 0.3 is 0 Å². The number of hydrogen-bond donors (Lipinski definition) is 1. The number of nitrogens with zero attached hydrogens (tertiary/aromatic N) is 3. The van der Waals surface area contributed by atoms with Gasteiger partial charge in [0.15, 0.2) is 11.5 Å². The first-order chi connectivity index (χ1) is 16.1. The summed E-state index contributed by atoms with van der Waals surface area (Å²) in [7, 11) is -2.17. The Labute approximate surface area is 209 Å². The Balaban J connectivity index is 1.77. The molecular weight excluding hydrogens is 523 g/mol. The van der Waals surface area contributed by atoms with Crippen LogP contribution in [0.1, 0.15) is 11.1 Å². The van der Waals surface area contributed by atoms with Crippen LogP contribution in [0.3, 0.4) is 0 Å². The molecule has 0 bridgehead atoms. The van der Waals surface area contributed by atoms with E-state index in [9.17, 15) is 18.5 Å². The molecule has 3 rings (SSSR count). The van der Waals surface area contributed by atoms with Crippen LogP contribution < -0.4 is 14.8 Å². The van der Waals surface area contributed by atoms with E-state index in [1.807, 2.05) is 0 Å². The van der Waals surface area contributed by atoms with Crippen molar-refractivity contribution in [2.24, 2.45) is 0 Å². The average molecular weight is 539 g/mol. The monoisotopic (exact) mass is 538 g/mol. The minimum Gasteiger partial charge on any atom is -0.493 e. The Morgan fingerprint density at radius 1 is 1.24 bits per heavy atom. The second kappa shape index (κ2) is 10.8. The van der Waals surface area contributed by atoms with Crippen LogP contribution >= 0.6 is 34.7 Å². The van der Waals surface area contributed by atoms with Gasteiger partial charge in [0, 0.05) is 33.4 Å². The first-order valence-electron chi connectivity index (χ1n) is 9.33. The summed E-state index contributed by atoms with van der Waals surface area (Å²) in [5, 5.41) is 12.3. The summed E-state index contributed by atoms with van der Waals surface area (Å²) in [6, 6.07) is 11.8. The van der Waals surface area contributed by atoms with E-state index in [2.05, 4.69) is 14.7 Å². The van der Waals surface area contributed by atoms with E-state index >= 15 is 0 Å². The van der Waals surface area contributed by atoms with Gasteiger partial charge in [0.2, 0.25) is 15.0 Å². The molecule has 0 radical (unpaired) electrons. The summed E-state index contributed by atoms with van der Waals surface area (Å²) >= 11 is 13.0. The Kier molecular flexibility index (Phi) is 8.11. The number of benzene rings is 2. The van der Waals surface area contributed by atoms with Crippen LogP contribution in [0.5, 0.6) is 11.5 Å². The number of nitrogens with one attached hydrogen (secondary N) is 1. The van der Waals surface area contributed by atoms with Gasteiger partial charge in [0.25, 0.3) is 11.1 Å². The number of ether oxygens (including phenoxy) is 2. The zero-order valence-electron chi connectivity index (χ0n) is 17.7. The number of rotatable bonds is 8. The molecule has 9 nitrogen and oxygen atoms in total. The third-order valence-corrected chi connectivity index (χ3v) is 6.56. The van der Waals surface area contributed by atoms with Crippen molar-refractivity contribution in [2.75, 3.05) is 18.7 Å². The van der Waals surface area contributed by atoms with Gasteiger partial charge in [-0.3, -0.25) is 10.1 Å². The predicted octanol–water partition coefficient (Wildman–Crippen LogP) is 4.38. The number of amides is 1. The molecule has 1 aromatic heterocycles. The first kappa shape index (κ1) is 25.5. The first-order valence-corrected chi connectivity index (χ1v) is 12.7. The van der Waals surface area contributed by atoms with Gasteiger partial charge in [-0.15, -0.1) is 0 Å². The molecule has 0 saturated heterocycles. The van der Waals surface area contributed by atoms with Crippen molar-refractivity contribution in [2.45, 2.75) is 11.8 Å². The highest BCUT2D eigenvalue weighted by atomic mass is 35.5. The highest BCUT2D eigenvalue weighted by molar-refractivity contribution is 7.90. The fourth-order valence-electron chi connectivity index (χ4n) is 2.60. The van der Waals surface area contributed by atoms with Crippen LogP contribution in [0.15, 0.2) is 47.1 Å². The fourth-order valence-corrected chi connectivity index (χ4v) is 4.55. The SMILES string of the molecule is COc1cc(C=C(C#N)C(=O)Nc2nc(S(C)(=O)=O)ns2)ccc1OCc1c(Cl)cccc1Cl. The molecule has 0 unspecified atom stereocenters. The van der Waals surface area contributed by atoms with Crippen molar-refractivity contribution in [1.82, 2.24) is 9.36 Å². The fraction of sp³-hybridized carbons (Fsp3) is 0.143. The van der Waals surface area contributed by atoms with E-state index in [1.165, 1.54) is 13.2 Å². The molecule has 2 aromatic carbocycles. The van der Waals surface area contributed by atoms with Crippen LogP contribution in [0, 0.1) is 11.3 Å². The molecular formula is C21H16Cl2N4O5S2. The van der Waals surface area contributed by atoms with Gasteiger partial charge in [-0.2, -0.15) is 14.6 Å². The van der Waals surface area contributed by atoms with Crippen molar-refractivity contribution in [3.8, 4) is 17.6 Å². The maximum Gasteiger partial charge on any atom is 0.268 e. The van der Waals surface area contributed by atoms with Crippen molar-refractivity contribution >= 4 is 61.7 Å². The standard InChI is InChI=1S/C21H16Cl2N4O5S2/c1-31-18-9-12(6-7-17(18)32-11-14-15(22)4-3-5-16(14)23)8-13(10-24)19(28)25-20-26-21(27-33-20)34(2,29)30/h3-9H,11H2,1-2H3,(H,25,26,27,28). The second-order valence-corrected chi connectivity index (χ2v) is 10.2. The Bertz CT molecular complexity index is 1390. The van der Waals surface area contributed by atoms with Crippen LogP contribution in [0.4, 0.5) is 5.13 Å². The van der Waals surface area contributed by atoms with Crippen LogP contribution in [-0.2, 0) is 21.2 Å². The molecule has 0 fully saturated rings. The van der Waals surface area contributed by atoms with E-state index in [0.717, 1.165) is 6.26 Å². The summed E-state index contributed by atoms with van der Waals surface area (Å²) in [6.07, 6.45) is 2.29. The molecule has 3 aromatic rings. The summed E-state index contributed by atoms with van der Waals surface area (Å²) in [6.45, 7) is 0.104. The third-order valence-electron chi connectivity index (χ3n) is 4.26. The summed E-state index contributed by atoms with van der Waals surface area (Å²) in [5.41, 5.74) is 0.867. The maximum absolute atomic E-state index is 12.5. The molecule has 34 heavy (non-hydrogen) atoms. The van der Waals surface area contributed by atoms with E-state index in [4.69, 9.17) is 32.7 Å². The van der Waals surface area contributed by atoms with Gasteiger partial charge in [-0.05, 0) is 35.9 Å². The molecule has 1 amide bonds. The van der Waals surface area contributed by atoms with Gasteiger partial charge < -0.3 is 9.47 Å². The van der Waals surface area contributed by atoms with E-state index in [-0.39, 0.29) is 17.3 Å². The normalized spacial score (nSPS) is 11.6.